The molecule has 1 unspecified atom stereocenters. The van der Waals surface area contributed by atoms with Crippen LogP contribution in [-0.2, 0) is 22.5 Å². The molecule has 0 N–H and O–H groups in total. The van der Waals surface area contributed by atoms with E-state index in [1.54, 1.807) is 31.6 Å². The van der Waals surface area contributed by atoms with Gasteiger partial charge in [-0.15, -0.1) is 0 Å². The lowest BCUT2D eigenvalue weighted by atomic mass is 10.2. The van der Waals surface area contributed by atoms with E-state index in [0.717, 1.165) is 16.0 Å². The van der Waals surface area contributed by atoms with Gasteiger partial charge in [0.2, 0.25) is 5.91 Å². The van der Waals surface area contributed by atoms with Crippen LogP contribution in [0.5, 0.6) is 5.75 Å². The van der Waals surface area contributed by atoms with E-state index in [1.807, 2.05) is 41.0 Å². The van der Waals surface area contributed by atoms with Gasteiger partial charge >= 0.3 is 6.09 Å². The topological polar surface area (TPSA) is 86.8 Å². The van der Waals surface area contributed by atoms with E-state index < -0.39 is 11.3 Å². The number of fused-ring (bicyclic) bond motifs is 1. The Morgan fingerprint density at radius 1 is 1.23 bits per heavy atom. The first kappa shape index (κ1) is 23.3. The third-order valence-corrected chi connectivity index (χ3v) is 7.16. The molecule has 0 aliphatic carbocycles. The first-order valence-corrected chi connectivity index (χ1v) is 12.2. The number of rotatable bonds is 8. The maximum absolute atomic E-state index is 13.4. The summed E-state index contributed by atoms with van der Waals surface area (Å²) in [6, 6.07) is 17.1. The van der Waals surface area contributed by atoms with Crippen molar-refractivity contribution in [2.75, 3.05) is 20.3 Å². The fourth-order valence-corrected chi connectivity index (χ4v) is 5.36. The second kappa shape index (κ2) is 10.1. The van der Waals surface area contributed by atoms with E-state index in [0.29, 0.717) is 40.2 Å². The van der Waals surface area contributed by atoms with Gasteiger partial charge in [0.05, 0.1) is 47.8 Å². The third-order valence-electron chi connectivity index (χ3n) is 5.69. The summed E-state index contributed by atoms with van der Waals surface area (Å²) in [6.07, 6.45) is 1.22. The number of carbonyl (C=O) groups excluding carboxylic acids is 2. The third kappa shape index (κ3) is 4.87. The molecule has 3 heterocycles. The molecule has 1 saturated heterocycles. The quantitative estimate of drug-likeness (QED) is 0.307. The number of hydrogen-bond acceptors (Lipinski definition) is 7. The zero-order valence-electron chi connectivity index (χ0n) is 18.8. The molecular formula is C25H22ClN3O5S. The molecule has 180 valence electrons. The van der Waals surface area contributed by atoms with E-state index in [1.165, 1.54) is 11.8 Å². The molecule has 35 heavy (non-hydrogen) atoms. The number of amides is 2. The van der Waals surface area contributed by atoms with Crippen molar-refractivity contribution in [3.63, 3.8) is 0 Å². The van der Waals surface area contributed by atoms with Gasteiger partial charge in [-0.1, -0.05) is 53.7 Å². The van der Waals surface area contributed by atoms with Crippen LogP contribution in [0.25, 0.3) is 11.0 Å². The number of imide groups is 1. The predicted octanol–water partition coefficient (Wildman–Crippen LogP) is 5.02. The Balaban J connectivity index is 1.56. The highest BCUT2D eigenvalue weighted by Crippen LogP contribution is 2.35. The number of furan rings is 1. The minimum Gasteiger partial charge on any atom is -0.495 e. The molecule has 10 heteroatoms. The summed E-state index contributed by atoms with van der Waals surface area (Å²) in [5, 5.41) is 0.407. The Hall–Kier alpha value is -3.43. The Morgan fingerprint density at radius 2 is 2.06 bits per heavy atom. The number of benzene rings is 2. The van der Waals surface area contributed by atoms with E-state index >= 15 is 0 Å². The SMILES string of the molecule is COc1cc2c(cc1Cl)nc(SC(Cc1ccco1)C(=O)N1CCOC1=O)n2Cc1ccccc1. The average molecular weight is 512 g/mol. The smallest absolute Gasteiger partial charge is 0.416 e. The lowest BCUT2D eigenvalue weighted by Crippen LogP contribution is -2.39. The van der Waals surface area contributed by atoms with E-state index in [-0.39, 0.29) is 19.1 Å². The number of methoxy groups -OCH3 is 1. The Bertz CT molecular complexity index is 1360. The monoisotopic (exact) mass is 511 g/mol. The maximum atomic E-state index is 13.4. The molecule has 0 saturated carbocycles. The second-order valence-electron chi connectivity index (χ2n) is 7.94. The van der Waals surface area contributed by atoms with Crippen LogP contribution in [0, 0.1) is 0 Å². The number of aromatic nitrogens is 2. The van der Waals surface area contributed by atoms with Crippen molar-refractivity contribution in [1.29, 1.82) is 0 Å². The van der Waals surface area contributed by atoms with Crippen LogP contribution in [0.1, 0.15) is 11.3 Å². The van der Waals surface area contributed by atoms with Crippen molar-refractivity contribution in [3.8, 4) is 5.75 Å². The molecule has 8 nitrogen and oxygen atoms in total. The number of ether oxygens (including phenoxy) is 2. The van der Waals surface area contributed by atoms with Gasteiger partial charge in [-0.2, -0.15) is 0 Å². The number of hydrogen-bond donors (Lipinski definition) is 0. The number of carbonyl (C=O) groups is 2. The summed E-state index contributed by atoms with van der Waals surface area (Å²) < 4.78 is 18.0. The summed E-state index contributed by atoms with van der Waals surface area (Å²) in [5.41, 5.74) is 2.57. The van der Waals surface area contributed by atoms with Gasteiger partial charge in [0.1, 0.15) is 18.1 Å². The van der Waals surface area contributed by atoms with Crippen LogP contribution in [-0.4, -0.2) is 52.0 Å². The molecule has 1 atom stereocenters. The molecule has 4 aromatic rings. The van der Waals surface area contributed by atoms with Crippen molar-refractivity contribution in [2.45, 2.75) is 23.4 Å². The standard InChI is InChI=1S/C25H22ClN3O5S/c1-32-21-14-20-19(13-18(21)26)27-24(29(20)15-16-6-3-2-4-7-16)35-22(12-17-8-5-10-33-17)23(30)28-9-11-34-25(28)31/h2-8,10,13-14,22H,9,11-12,15H2,1H3. The molecule has 2 aromatic heterocycles. The van der Waals surface area contributed by atoms with Crippen LogP contribution in [0.4, 0.5) is 4.79 Å². The Morgan fingerprint density at radius 3 is 2.74 bits per heavy atom. The number of thioether (sulfide) groups is 1. The van der Waals surface area contributed by atoms with Crippen molar-refractivity contribution in [2.24, 2.45) is 0 Å². The van der Waals surface area contributed by atoms with E-state index in [9.17, 15) is 9.59 Å². The molecule has 1 aliphatic heterocycles. The first-order valence-electron chi connectivity index (χ1n) is 11.0. The highest BCUT2D eigenvalue weighted by atomic mass is 35.5. The Labute approximate surface area is 210 Å². The van der Waals surface area contributed by atoms with Gasteiger partial charge in [-0.25, -0.2) is 14.7 Å². The van der Waals surface area contributed by atoms with Crippen LogP contribution in [0.15, 0.2) is 70.4 Å². The number of cyclic esters (lactones) is 1. The van der Waals surface area contributed by atoms with Crippen molar-refractivity contribution in [1.82, 2.24) is 14.5 Å². The molecule has 2 amide bonds. The summed E-state index contributed by atoms with van der Waals surface area (Å²) in [7, 11) is 1.56. The van der Waals surface area contributed by atoms with Crippen LogP contribution in [0.3, 0.4) is 0 Å². The molecule has 5 rings (SSSR count). The lowest BCUT2D eigenvalue weighted by molar-refractivity contribution is -0.127. The van der Waals surface area contributed by atoms with Gasteiger partial charge in [0.15, 0.2) is 5.16 Å². The highest BCUT2D eigenvalue weighted by Gasteiger charge is 2.35. The fraction of sp³-hybridized carbons (Fsp3) is 0.240. The largest absolute Gasteiger partial charge is 0.495 e. The molecule has 0 radical (unpaired) electrons. The lowest BCUT2D eigenvalue weighted by Gasteiger charge is -2.19. The van der Waals surface area contributed by atoms with Gasteiger partial charge < -0.3 is 18.5 Å². The molecule has 1 fully saturated rings. The zero-order valence-corrected chi connectivity index (χ0v) is 20.4. The van der Waals surface area contributed by atoms with Crippen molar-refractivity contribution >= 4 is 46.4 Å². The minimum absolute atomic E-state index is 0.188. The van der Waals surface area contributed by atoms with Crippen LogP contribution in [0.2, 0.25) is 5.02 Å². The molecule has 0 spiro atoms. The van der Waals surface area contributed by atoms with Crippen LogP contribution < -0.4 is 4.74 Å². The predicted molar refractivity (Wildman–Crippen MR) is 132 cm³/mol. The normalized spacial score (nSPS) is 14.3. The summed E-state index contributed by atoms with van der Waals surface area (Å²) in [4.78, 5) is 31.5. The summed E-state index contributed by atoms with van der Waals surface area (Å²) in [5.74, 6) is 0.828. The number of halogens is 1. The van der Waals surface area contributed by atoms with Crippen LogP contribution >= 0.6 is 23.4 Å². The summed E-state index contributed by atoms with van der Waals surface area (Å²) >= 11 is 7.66. The van der Waals surface area contributed by atoms with Gasteiger partial charge in [0.25, 0.3) is 0 Å². The highest BCUT2D eigenvalue weighted by molar-refractivity contribution is 8.00. The van der Waals surface area contributed by atoms with Crippen molar-refractivity contribution in [3.05, 3.63) is 77.2 Å². The van der Waals surface area contributed by atoms with Gasteiger partial charge in [-0.3, -0.25) is 4.79 Å². The maximum Gasteiger partial charge on any atom is 0.416 e. The second-order valence-corrected chi connectivity index (χ2v) is 9.51. The number of imidazole rings is 1. The zero-order chi connectivity index (χ0) is 24.4. The molecule has 2 aromatic carbocycles. The molecule has 0 bridgehead atoms. The average Bonchev–Trinajstić information content (AvgIpc) is 3.60. The first-order chi connectivity index (χ1) is 17.0. The van der Waals surface area contributed by atoms with Gasteiger partial charge in [0, 0.05) is 12.5 Å². The number of nitrogens with zero attached hydrogens (tertiary/aromatic N) is 3. The van der Waals surface area contributed by atoms with E-state index in [4.69, 9.17) is 30.5 Å². The van der Waals surface area contributed by atoms with Crippen molar-refractivity contribution < 1.29 is 23.5 Å². The Kier molecular flexibility index (Phi) is 6.70. The fourth-order valence-electron chi connectivity index (χ4n) is 3.96. The van der Waals surface area contributed by atoms with E-state index in [2.05, 4.69) is 0 Å². The molecule has 1 aliphatic rings. The minimum atomic E-state index is -0.657. The summed E-state index contributed by atoms with van der Waals surface area (Å²) in [6.45, 7) is 0.936. The molecular weight excluding hydrogens is 490 g/mol. The van der Waals surface area contributed by atoms with Gasteiger partial charge in [-0.05, 0) is 23.8 Å².